The van der Waals surface area contributed by atoms with E-state index in [1.807, 2.05) is 0 Å². The van der Waals surface area contributed by atoms with Crippen LogP contribution in [0.2, 0.25) is 0 Å². The molecule has 0 aliphatic carbocycles. The van der Waals surface area contributed by atoms with E-state index in [9.17, 15) is 26.4 Å². The summed E-state index contributed by atoms with van der Waals surface area (Å²) in [5, 5.41) is 0. The molecule has 0 amide bonds. The number of benzene rings is 1. The highest BCUT2D eigenvalue weighted by Gasteiger charge is 2.31. The van der Waals surface area contributed by atoms with Crippen molar-refractivity contribution in [2.24, 2.45) is 0 Å². The number of aromatic nitrogens is 1. The number of sulfone groups is 1. The van der Waals surface area contributed by atoms with Gasteiger partial charge in [-0.2, -0.15) is 13.2 Å². The molecule has 0 fully saturated rings. The van der Waals surface area contributed by atoms with Crippen molar-refractivity contribution in [3.05, 3.63) is 64.6 Å². The highest BCUT2D eigenvalue weighted by Crippen LogP contribution is 2.28. The summed E-state index contributed by atoms with van der Waals surface area (Å²) < 4.78 is 62.7. The van der Waals surface area contributed by atoms with Crippen molar-refractivity contribution in [2.75, 3.05) is 5.75 Å². The predicted octanol–water partition coefficient (Wildman–Crippen LogP) is 2.34. The molecule has 2 aromatic rings. The van der Waals surface area contributed by atoms with Crippen LogP contribution in [0, 0.1) is 0 Å². The lowest BCUT2D eigenvalue weighted by molar-refractivity contribution is -0.138. The first-order valence-corrected chi connectivity index (χ1v) is 7.91. The zero-order chi connectivity index (χ0) is 16.4. The fourth-order valence-corrected chi connectivity index (χ4v) is 3.08. The van der Waals surface area contributed by atoms with E-state index in [2.05, 4.69) is 0 Å². The smallest absolute Gasteiger partial charge is 0.314 e. The van der Waals surface area contributed by atoms with Crippen molar-refractivity contribution in [3.8, 4) is 0 Å². The minimum absolute atomic E-state index is 0.0648. The molecular formula is C14H12F3NO3S. The molecule has 0 aliphatic heterocycles. The van der Waals surface area contributed by atoms with Gasteiger partial charge < -0.3 is 4.57 Å². The first kappa shape index (κ1) is 16.3. The topological polar surface area (TPSA) is 56.1 Å². The molecule has 1 aromatic heterocycles. The van der Waals surface area contributed by atoms with E-state index in [4.69, 9.17) is 0 Å². The van der Waals surface area contributed by atoms with Crippen LogP contribution in [-0.2, 0) is 22.6 Å². The molecule has 0 bridgehead atoms. The summed E-state index contributed by atoms with van der Waals surface area (Å²) in [6, 6.07) is 8.97. The lowest BCUT2D eigenvalue weighted by Gasteiger charge is -2.11. The first-order chi connectivity index (χ1) is 10.2. The Morgan fingerprint density at radius 3 is 2.23 bits per heavy atom. The molecule has 118 valence electrons. The van der Waals surface area contributed by atoms with Crippen LogP contribution in [0.15, 0.2) is 58.4 Å². The van der Waals surface area contributed by atoms with Crippen molar-refractivity contribution in [1.82, 2.24) is 4.57 Å². The van der Waals surface area contributed by atoms with Gasteiger partial charge in [0.2, 0.25) is 0 Å². The number of hydrogen-bond acceptors (Lipinski definition) is 3. The van der Waals surface area contributed by atoms with Gasteiger partial charge in [0, 0.05) is 18.8 Å². The zero-order valence-electron chi connectivity index (χ0n) is 11.2. The molecule has 2 rings (SSSR count). The Labute approximate surface area is 124 Å². The molecule has 0 unspecified atom stereocenters. The van der Waals surface area contributed by atoms with Crippen LogP contribution in [0.3, 0.4) is 0 Å². The quantitative estimate of drug-likeness (QED) is 0.864. The predicted molar refractivity (Wildman–Crippen MR) is 74.2 cm³/mol. The lowest BCUT2D eigenvalue weighted by atomic mass is 10.3. The Morgan fingerprint density at radius 1 is 1.00 bits per heavy atom. The maximum absolute atomic E-state index is 12.6. The summed E-state index contributed by atoms with van der Waals surface area (Å²) in [7, 11) is -3.66. The lowest BCUT2D eigenvalue weighted by Crippen LogP contribution is -2.25. The average Bonchev–Trinajstić information content (AvgIpc) is 2.46. The second-order valence-corrected chi connectivity index (χ2v) is 6.69. The maximum Gasteiger partial charge on any atom is 0.417 e. The van der Waals surface area contributed by atoms with E-state index in [0.29, 0.717) is 12.3 Å². The molecule has 0 spiro atoms. The third-order valence-electron chi connectivity index (χ3n) is 3.01. The summed E-state index contributed by atoms with van der Waals surface area (Å²) >= 11 is 0. The number of nitrogens with zero attached hydrogens (tertiary/aromatic N) is 1. The van der Waals surface area contributed by atoms with Gasteiger partial charge in [0.25, 0.3) is 5.56 Å². The van der Waals surface area contributed by atoms with Crippen LogP contribution in [0.4, 0.5) is 13.2 Å². The fourth-order valence-electron chi connectivity index (χ4n) is 1.84. The van der Waals surface area contributed by atoms with Crippen LogP contribution in [-0.4, -0.2) is 18.7 Å². The molecule has 1 heterocycles. The van der Waals surface area contributed by atoms with Crippen LogP contribution < -0.4 is 5.56 Å². The van der Waals surface area contributed by atoms with Crippen LogP contribution in [0.25, 0.3) is 0 Å². The number of rotatable bonds is 4. The van der Waals surface area contributed by atoms with Gasteiger partial charge in [0.15, 0.2) is 9.84 Å². The van der Waals surface area contributed by atoms with Crippen molar-refractivity contribution >= 4 is 9.84 Å². The van der Waals surface area contributed by atoms with Gasteiger partial charge in [0.1, 0.15) is 0 Å². The molecule has 0 aliphatic rings. The highest BCUT2D eigenvalue weighted by molar-refractivity contribution is 7.91. The van der Waals surface area contributed by atoms with Crippen molar-refractivity contribution in [2.45, 2.75) is 17.6 Å². The standard InChI is InChI=1S/C14H12F3NO3S/c15-14(16,17)11-6-7-13(19)18(10-11)8-9-22(20,21)12-4-2-1-3-5-12/h1-7,10H,8-9H2. The zero-order valence-corrected chi connectivity index (χ0v) is 12.1. The summed E-state index contributed by atoms with van der Waals surface area (Å²) in [5.41, 5.74) is -1.68. The van der Waals surface area contributed by atoms with Crippen LogP contribution in [0.1, 0.15) is 5.56 Å². The Kier molecular flexibility index (Phi) is 4.41. The Hall–Kier alpha value is -2.09. The molecule has 1 aromatic carbocycles. The summed E-state index contributed by atoms with van der Waals surface area (Å²) in [6.45, 7) is -0.347. The minimum atomic E-state index is -4.59. The van der Waals surface area contributed by atoms with Crippen LogP contribution in [0.5, 0.6) is 0 Å². The van der Waals surface area contributed by atoms with E-state index >= 15 is 0 Å². The van der Waals surface area contributed by atoms with Crippen molar-refractivity contribution < 1.29 is 21.6 Å². The minimum Gasteiger partial charge on any atom is -0.314 e. The largest absolute Gasteiger partial charge is 0.417 e. The Morgan fingerprint density at radius 2 is 1.64 bits per heavy atom. The Bertz CT molecular complexity index is 811. The number of aryl methyl sites for hydroxylation is 1. The van der Waals surface area contributed by atoms with Gasteiger partial charge in [-0.15, -0.1) is 0 Å². The van der Waals surface area contributed by atoms with E-state index < -0.39 is 32.9 Å². The SMILES string of the molecule is O=c1ccc(C(F)(F)F)cn1CCS(=O)(=O)c1ccccc1. The summed E-state index contributed by atoms with van der Waals surface area (Å²) in [6.07, 6.45) is -3.96. The molecular weight excluding hydrogens is 319 g/mol. The van der Waals surface area contributed by atoms with Crippen LogP contribution >= 0.6 is 0 Å². The first-order valence-electron chi connectivity index (χ1n) is 6.26. The normalized spacial score (nSPS) is 12.3. The second kappa shape index (κ2) is 5.96. The van der Waals surface area contributed by atoms with Gasteiger partial charge in [-0.05, 0) is 18.2 Å². The molecule has 0 saturated carbocycles. The van der Waals surface area contributed by atoms with Gasteiger partial charge in [-0.25, -0.2) is 8.42 Å². The number of alkyl halides is 3. The van der Waals surface area contributed by atoms with Gasteiger partial charge in [-0.3, -0.25) is 4.79 Å². The molecule has 0 radical (unpaired) electrons. The third kappa shape index (κ3) is 3.76. The fraction of sp³-hybridized carbons (Fsp3) is 0.214. The van der Waals surface area contributed by atoms with Gasteiger partial charge in [-0.1, -0.05) is 18.2 Å². The van der Waals surface area contributed by atoms with Gasteiger partial charge in [0.05, 0.1) is 16.2 Å². The molecule has 22 heavy (non-hydrogen) atoms. The molecule has 0 atom stereocenters. The number of pyridine rings is 1. The van der Waals surface area contributed by atoms with E-state index in [-0.39, 0.29) is 11.4 Å². The van der Waals surface area contributed by atoms with E-state index in [1.165, 1.54) is 12.1 Å². The summed E-state index contributed by atoms with van der Waals surface area (Å²) in [4.78, 5) is 11.6. The highest BCUT2D eigenvalue weighted by atomic mass is 32.2. The number of hydrogen-bond donors (Lipinski definition) is 0. The maximum atomic E-state index is 12.6. The van der Waals surface area contributed by atoms with Gasteiger partial charge >= 0.3 is 6.18 Å². The van der Waals surface area contributed by atoms with E-state index in [0.717, 1.165) is 10.6 Å². The monoisotopic (exact) mass is 331 g/mol. The van der Waals surface area contributed by atoms with Crippen molar-refractivity contribution in [3.63, 3.8) is 0 Å². The van der Waals surface area contributed by atoms with Crippen molar-refractivity contribution in [1.29, 1.82) is 0 Å². The third-order valence-corrected chi connectivity index (χ3v) is 4.72. The summed E-state index contributed by atoms with van der Waals surface area (Å²) in [5.74, 6) is -0.460. The number of halogens is 3. The molecule has 0 N–H and O–H groups in total. The molecule has 0 saturated heterocycles. The second-order valence-electron chi connectivity index (χ2n) is 4.58. The van der Waals surface area contributed by atoms with E-state index in [1.54, 1.807) is 18.2 Å². The average molecular weight is 331 g/mol. The molecule has 4 nitrogen and oxygen atoms in total. The molecule has 8 heteroatoms. The Balaban J connectivity index is 2.24.